The average molecular weight is 329 g/mol. The number of nitrogens with zero attached hydrogens (tertiary/aromatic N) is 5. The Bertz CT molecular complexity index is 762. The van der Waals surface area contributed by atoms with Crippen molar-refractivity contribution in [1.29, 1.82) is 0 Å². The first-order valence-electron chi connectivity index (χ1n) is 8.03. The van der Waals surface area contributed by atoms with Crippen LogP contribution in [0.5, 0.6) is 0 Å². The zero-order valence-electron chi connectivity index (χ0n) is 12.9. The summed E-state index contributed by atoms with van der Waals surface area (Å²) in [6, 6.07) is 5.68. The van der Waals surface area contributed by atoms with Gasteiger partial charge in [0.2, 0.25) is 0 Å². The molecule has 2 aliphatic rings. The molecule has 2 aromatic heterocycles. The van der Waals surface area contributed by atoms with Crippen molar-refractivity contribution in [2.24, 2.45) is 0 Å². The fourth-order valence-corrected chi connectivity index (χ4v) is 4.27. The second-order valence-electron chi connectivity index (χ2n) is 6.01. The maximum absolute atomic E-state index is 11.9. The highest BCUT2D eigenvalue weighted by atomic mass is 32.2. The Morgan fingerprint density at radius 1 is 1.35 bits per heavy atom. The predicted octanol–water partition coefficient (Wildman–Crippen LogP) is 1.49. The molecule has 0 radical (unpaired) electrons. The molecule has 7 heteroatoms. The van der Waals surface area contributed by atoms with Crippen LogP contribution in [0.2, 0.25) is 0 Å². The highest BCUT2D eigenvalue weighted by Gasteiger charge is 2.27. The van der Waals surface area contributed by atoms with Crippen molar-refractivity contribution in [2.75, 3.05) is 17.2 Å². The van der Waals surface area contributed by atoms with Crippen molar-refractivity contribution in [1.82, 2.24) is 20.0 Å². The van der Waals surface area contributed by atoms with Crippen molar-refractivity contribution < 1.29 is 0 Å². The topological polar surface area (TPSA) is 63.9 Å². The van der Waals surface area contributed by atoms with Gasteiger partial charge in [0.25, 0.3) is 5.56 Å². The Kier molecular flexibility index (Phi) is 4.03. The van der Waals surface area contributed by atoms with Crippen LogP contribution in [-0.2, 0) is 18.7 Å². The average Bonchev–Trinajstić information content (AvgIpc) is 3.05. The molecule has 2 aliphatic heterocycles. The zero-order chi connectivity index (χ0) is 15.6. The molecular formula is C16H19N5OS. The number of hydrogen-bond acceptors (Lipinski definition) is 6. The molecule has 1 unspecified atom stereocenters. The Balaban J connectivity index is 1.58. The lowest BCUT2D eigenvalue weighted by molar-refractivity contribution is 0.486. The molecule has 0 N–H and O–H groups in total. The fourth-order valence-electron chi connectivity index (χ4n) is 3.32. The van der Waals surface area contributed by atoms with E-state index < -0.39 is 0 Å². The number of hydrogen-bond donors (Lipinski definition) is 0. The van der Waals surface area contributed by atoms with E-state index >= 15 is 0 Å². The van der Waals surface area contributed by atoms with Gasteiger partial charge in [0, 0.05) is 31.0 Å². The van der Waals surface area contributed by atoms with Gasteiger partial charge in [0.1, 0.15) is 0 Å². The first-order valence-corrected chi connectivity index (χ1v) is 9.19. The highest BCUT2D eigenvalue weighted by molar-refractivity contribution is 7.98. The van der Waals surface area contributed by atoms with Crippen LogP contribution < -0.4 is 10.5 Å². The molecule has 0 saturated carbocycles. The number of thioether (sulfide) groups is 1. The van der Waals surface area contributed by atoms with Crippen LogP contribution in [-0.4, -0.2) is 38.3 Å². The normalized spacial score (nSPS) is 20.5. The summed E-state index contributed by atoms with van der Waals surface area (Å²) in [5.41, 5.74) is 2.41. The third kappa shape index (κ3) is 2.97. The van der Waals surface area contributed by atoms with Crippen LogP contribution in [0.15, 0.2) is 29.2 Å². The first-order chi connectivity index (χ1) is 11.3. The molecule has 1 saturated heterocycles. The van der Waals surface area contributed by atoms with Crippen LogP contribution in [0.3, 0.4) is 0 Å². The van der Waals surface area contributed by atoms with Crippen LogP contribution in [0.1, 0.15) is 24.1 Å². The third-order valence-electron chi connectivity index (χ3n) is 4.53. The molecule has 1 atom stereocenters. The molecule has 2 aromatic rings. The van der Waals surface area contributed by atoms with E-state index in [1.54, 1.807) is 23.0 Å². The second kappa shape index (κ2) is 6.31. The number of aryl methyl sites for hydroxylation is 1. The lowest BCUT2D eigenvalue weighted by atomic mass is 10.1. The van der Waals surface area contributed by atoms with Crippen LogP contribution in [0.4, 0.5) is 5.82 Å². The Hall–Kier alpha value is -1.89. The summed E-state index contributed by atoms with van der Waals surface area (Å²) in [4.78, 5) is 14.2. The maximum Gasteiger partial charge on any atom is 0.266 e. The van der Waals surface area contributed by atoms with Crippen LogP contribution in [0, 0.1) is 0 Å². The lowest BCUT2D eigenvalue weighted by Crippen LogP contribution is -2.37. The first kappa shape index (κ1) is 14.7. The fraction of sp³-hybridized carbons (Fsp3) is 0.500. The summed E-state index contributed by atoms with van der Waals surface area (Å²) in [5.74, 6) is 3.10. The molecule has 23 heavy (non-hydrogen) atoms. The van der Waals surface area contributed by atoms with E-state index in [1.807, 2.05) is 11.8 Å². The van der Waals surface area contributed by atoms with Gasteiger partial charge in [0.05, 0.1) is 18.3 Å². The van der Waals surface area contributed by atoms with E-state index in [4.69, 9.17) is 0 Å². The van der Waals surface area contributed by atoms with Crippen molar-refractivity contribution in [2.45, 2.75) is 37.6 Å². The lowest BCUT2D eigenvalue weighted by Gasteiger charge is -2.26. The molecule has 0 amide bonds. The van der Waals surface area contributed by atoms with E-state index in [9.17, 15) is 4.79 Å². The monoisotopic (exact) mass is 329 g/mol. The minimum absolute atomic E-state index is 0.0488. The van der Waals surface area contributed by atoms with E-state index in [-0.39, 0.29) is 11.6 Å². The summed E-state index contributed by atoms with van der Waals surface area (Å²) in [7, 11) is 0. The minimum atomic E-state index is -0.0488. The Labute approximate surface area is 138 Å². The van der Waals surface area contributed by atoms with Gasteiger partial charge in [-0.2, -0.15) is 22.0 Å². The molecule has 120 valence electrons. The molecule has 6 nitrogen and oxygen atoms in total. The maximum atomic E-state index is 11.9. The van der Waals surface area contributed by atoms with Gasteiger partial charge in [-0.05, 0) is 36.3 Å². The smallest absolute Gasteiger partial charge is 0.266 e. The van der Waals surface area contributed by atoms with Gasteiger partial charge in [0.15, 0.2) is 5.82 Å². The van der Waals surface area contributed by atoms with E-state index in [1.165, 1.54) is 5.56 Å². The molecular weight excluding hydrogens is 310 g/mol. The van der Waals surface area contributed by atoms with Gasteiger partial charge in [-0.25, -0.2) is 4.68 Å². The number of anilines is 1. The summed E-state index contributed by atoms with van der Waals surface area (Å²) in [6.45, 7) is 1.57. The number of rotatable bonds is 3. The van der Waals surface area contributed by atoms with Gasteiger partial charge in [-0.15, -0.1) is 5.10 Å². The molecule has 4 rings (SSSR count). The molecule has 0 spiro atoms. The van der Waals surface area contributed by atoms with Crippen LogP contribution >= 0.6 is 11.8 Å². The largest absolute Gasteiger partial charge is 0.350 e. The van der Waals surface area contributed by atoms with E-state index in [2.05, 4.69) is 26.3 Å². The summed E-state index contributed by atoms with van der Waals surface area (Å²) >= 11 is 1.95. The van der Waals surface area contributed by atoms with Gasteiger partial charge >= 0.3 is 0 Å². The second-order valence-corrected chi connectivity index (χ2v) is 7.12. The molecule has 0 aliphatic carbocycles. The number of aromatic nitrogens is 4. The molecule has 0 aromatic carbocycles. The molecule has 0 bridgehead atoms. The highest BCUT2D eigenvalue weighted by Crippen LogP contribution is 2.29. The summed E-state index contributed by atoms with van der Waals surface area (Å²) in [5, 5.41) is 13.1. The third-order valence-corrected chi connectivity index (χ3v) is 5.54. The van der Waals surface area contributed by atoms with Crippen molar-refractivity contribution in [3.05, 3.63) is 46.0 Å². The zero-order valence-corrected chi connectivity index (χ0v) is 13.7. The summed E-state index contributed by atoms with van der Waals surface area (Å²) < 4.78 is 1.55. The number of fused-ring (bicyclic) bond motifs is 1. The molecule has 1 fully saturated rings. The molecule has 4 heterocycles. The van der Waals surface area contributed by atoms with E-state index in [0.29, 0.717) is 6.54 Å². The van der Waals surface area contributed by atoms with Crippen molar-refractivity contribution in [3.8, 4) is 0 Å². The summed E-state index contributed by atoms with van der Waals surface area (Å²) in [6.07, 6.45) is 4.84. The van der Waals surface area contributed by atoms with Gasteiger partial charge in [-0.3, -0.25) is 4.79 Å². The Morgan fingerprint density at radius 3 is 3.22 bits per heavy atom. The SMILES string of the molecule is O=c1cccnn1CC1CCCN1c1cc2c(nn1)CCSC2. The van der Waals surface area contributed by atoms with Gasteiger partial charge < -0.3 is 4.90 Å². The van der Waals surface area contributed by atoms with Crippen molar-refractivity contribution in [3.63, 3.8) is 0 Å². The Morgan fingerprint density at radius 2 is 2.30 bits per heavy atom. The standard InChI is InChI=1S/C16H19N5OS/c22-16-4-1-6-17-21(16)10-13-3-2-7-20(13)15-9-12-11-23-8-5-14(12)18-19-15/h1,4,6,9,13H,2-3,5,7-8,10-11H2. The minimum Gasteiger partial charge on any atom is -0.350 e. The van der Waals surface area contributed by atoms with Crippen LogP contribution in [0.25, 0.3) is 0 Å². The predicted molar refractivity (Wildman–Crippen MR) is 90.8 cm³/mol. The van der Waals surface area contributed by atoms with Gasteiger partial charge in [-0.1, -0.05) is 0 Å². The van der Waals surface area contributed by atoms with E-state index in [0.717, 1.165) is 48.8 Å². The quantitative estimate of drug-likeness (QED) is 0.850. The van der Waals surface area contributed by atoms with Crippen molar-refractivity contribution >= 4 is 17.6 Å².